The average molecular weight is 412 g/mol. The zero-order chi connectivity index (χ0) is 20.8. The zero-order valence-electron chi connectivity index (χ0n) is 18.2. The summed E-state index contributed by atoms with van der Waals surface area (Å²) in [6, 6.07) is 8.89. The summed E-state index contributed by atoms with van der Waals surface area (Å²) in [5.41, 5.74) is 2.84. The second-order valence-electron chi connectivity index (χ2n) is 9.74. The predicted molar refractivity (Wildman–Crippen MR) is 120 cm³/mol. The van der Waals surface area contributed by atoms with Crippen LogP contribution in [-0.2, 0) is 9.59 Å². The SMILES string of the molecule is O=C1CCC(c2cccc(NCCCCCCCNC3CC4(CCC4)C3)c2)C(=O)N1. The number of rotatable bonds is 11. The van der Waals surface area contributed by atoms with Crippen molar-refractivity contribution in [2.45, 2.75) is 89.0 Å². The molecule has 1 aromatic carbocycles. The van der Waals surface area contributed by atoms with Gasteiger partial charge in [0, 0.05) is 24.7 Å². The van der Waals surface area contributed by atoms with Crippen LogP contribution in [0.4, 0.5) is 5.69 Å². The van der Waals surface area contributed by atoms with E-state index < -0.39 is 0 Å². The van der Waals surface area contributed by atoms with Gasteiger partial charge >= 0.3 is 0 Å². The van der Waals surface area contributed by atoms with E-state index in [0.717, 1.165) is 29.3 Å². The number of hydrogen-bond donors (Lipinski definition) is 3. The Morgan fingerprint density at radius 3 is 2.50 bits per heavy atom. The molecule has 2 aliphatic carbocycles. The van der Waals surface area contributed by atoms with Crippen molar-refractivity contribution in [2.75, 3.05) is 18.4 Å². The van der Waals surface area contributed by atoms with E-state index in [1.807, 2.05) is 12.1 Å². The molecule has 1 spiro atoms. The predicted octanol–water partition coefficient (Wildman–Crippen LogP) is 4.49. The van der Waals surface area contributed by atoms with Crippen LogP contribution < -0.4 is 16.0 Å². The van der Waals surface area contributed by atoms with Crippen LogP contribution in [0, 0.1) is 5.41 Å². The van der Waals surface area contributed by atoms with Gasteiger partial charge in [-0.3, -0.25) is 14.9 Å². The van der Waals surface area contributed by atoms with Gasteiger partial charge in [-0.05, 0) is 74.6 Å². The highest BCUT2D eigenvalue weighted by atomic mass is 16.2. The van der Waals surface area contributed by atoms with Crippen molar-refractivity contribution in [2.24, 2.45) is 5.41 Å². The van der Waals surface area contributed by atoms with Crippen molar-refractivity contribution in [1.29, 1.82) is 0 Å². The number of benzene rings is 1. The molecule has 2 saturated carbocycles. The highest BCUT2D eigenvalue weighted by Crippen LogP contribution is 2.55. The first-order valence-electron chi connectivity index (χ1n) is 12.0. The molecule has 4 rings (SSSR count). The third-order valence-corrected chi connectivity index (χ3v) is 7.42. The Bertz CT molecular complexity index is 736. The Morgan fingerprint density at radius 1 is 1.00 bits per heavy atom. The molecular weight excluding hydrogens is 374 g/mol. The maximum Gasteiger partial charge on any atom is 0.234 e. The van der Waals surface area contributed by atoms with Crippen LogP contribution in [0.2, 0.25) is 0 Å². The minimum Gasteiger partial charge on any atom is -0.385 e. The van der Waals surface area contributed by atoms with Gasteiger partial charge in [-0.2, -0.15) is 0 Å². The fourth-order valence-corrected chi connectivity index (χ4v) is 5.41. The van der Waals surface area contributed by atoms with E-state index in [9.17, 15) is 9.59 Å². The lowest BCUT2D eigenvalue weighted by Crippen LogP contribution is -2.52. The van der Waals surface area contributed by atoms with Gasteiger partial charge in [0.2, 0.25) is 11.8 Å². The highest BCUT2D eigenvalue weighted by Gasteiger charge is 2.47. The molecule has 1 heterocycles. The van der Waals surface area contributed by atoms with Gasteiger partial charge in [-0.15, -0.1) is 0 Å². The second kappa shape index (κ2) is 9.95. The van der Waals surface area contributed by atoms with Gasteiger partial charge < -0.3 is 10.6 Å². The fourth-order valence-electron chi connectivity index (χ4n) is 5.41. The van der Waals surface area contributed by atoms with E-state index in [0.29, 0.717) is 12.8 Å². The third kappa shape index (κ3) is 5.42. The summed E-state index contributed by atoms with van der Waals surface area (Å²) in [6.45, 7) is 2.15. The smallest absolute Gasteiger partial charge is 0.234 e. The maximum absolute atomic E-state index is 12.1. The lowest BCUT2D eigenvalue weighted by molar-refractivity contribution is -0.134. The zero-order valence-corrected chi connectivity index (χ0v) is 18.2. The van der Waals surface area contributed by atoms with E-state index in [1.54, 1.807) is 0 Å². The number of carbonyl (C=O) groups excluding carboxylic acids is 2. The summed E-state index contributed by atoms with van der Waals surface area (Å²) in [7, 11) is 0. The summed E-state index contributed by atoms with van der Waals surface area (Å²) in [5.74, 6) is -0.540. The molecular formula is C25H37N3O2. The van der Waals surface area contributed by atoms with Gasteiger partial charge in [0.25, 0.3) is 0 Å². The number of imide groups is 1. The minimum absolute atomic E-state index is 0.161. The van der Waals surface area contributed by atoms with Gasteiger partial charge in [0.1, 0.15) is 0 Å². The van der Waals surface area contributed by atoms with Gasteiger partial charge in [-0.1, -0.05) is 37.8 Å². The number of carbonyl (C=O) groups is 2. The molecule has 1 atom stereocenters. The fraction of sp³-hybridized carbons (Fsp3) is 0.680. The van der Waals surface area contributed by atoms with Crippen LogP contribution in [0.25, 0.3) is 0 Å². The Balaban J connectivity index is 1.04. The number of unbranched alkanes of at least 4 members (excludes halogenated alkanes) is 4. The lowest BCUT2D eigenvalue weighted by atomic mass is 9.54. The summed E-state index contributed by atoms with van der Waals surface area (Å²) >= 11 is 0. The quantitative estimate of drug-likeness (QED) is 0.371. The number of hydrogen-bond acceptors (Lipinski definition) is 4. The molecule has 0 aromatic heterocycles. The monoisotopic (exact) mass is 411 g/mol. The molecule has 1 aliphatic heterocycles. The Morgan fingerprint density at radius 2 is 1.77 bits per heavy atom. The van der Waals surface area contributed by atoms with Gasteiger partial charge in [0.05, 0.1) is 5.92 Å². The molecule has 5 heteroatoms. The van der Waals surface area contributed by atoms with E-state index in [1.165, 1.54) is 70.8 Å². The summed E-state index contributed by atoms with van der Waals surface area (Å²) in [5, 5.41) is 9.68. The maximum atomic E-state index is 12.1. The molecule has 1 unspecified atom stereocenters. The van der Waals surface area contributed by atoms with Crippen molar-refractivity contribution < 1.29 is 9.59 Å². The summed E-state index contributed by atoms with van der Waals surface area (Å²) in [6.07, 6.45) is 14.7. The molecule has 0 radical (unpaired) electrons. The molecule has 5 nitrogen and oxygen atoms in total. The first kappa shape index (κ1) is 21.4. The molecule has 2 amide bonds. The first-order valence-corrected chi connectivity index (χ1v) is 12.0. The Labute approximate surface area is 180 Å². The Hall–Kier alpha value is -1.88. The second-order valence-corrected chi connectivity index (χ2v) is 9.74. The molecule has 3 aliphatic rings. The van der Waals surface area contributed by atoms with Crippen molar-refractivity contribution >= 4 is 17.5 Å². The Kier molecular flexibility index (Phi) is 7.08. The average Bonchev–Trinajstić information content (AvgIpc) is 2.67. The molecule has 30 heavy (non-hydrogen) atoms. The lowest BCUT2D eigenvalue weighted by Gasteiger charge is -2.54. The topological polar surface area (TPSA) is 70.2 Å². The highest BCUT2D eigenvalue weighted by molar-refractivity contribution is 6.01. The first-order chi connectivity index (χ1) is 14.6. The van der Waals surface area contributed by atoms with Crippen LogP contribution in [0.15, 0.2) is 24.3 Å². The van der Waals surface area contributed by atoms with E-state index >= 15 is 0 Å². The van der Waals surface area contributed by atoms with Crippen molar-refractivity contribution in [1.82, 2.24) is 10.6 Å². The van der Waals surface area contributed by atoms with Crippen molar-refractivity contribution in [3.63, 3.8) is 0 Å². The van der Waals surface area contributed by atoms with Crippen molar-refractivity contribution in [3.8, 4) is 0 Å². The van der Waals surface area contributed by atoms with Crippen LogP contribution in [0.5, 0.6) is 0 Å². The van der Waals surface area contributed by atoms with E-state index in [-0.39, 0.29) is 17.7 Å². The van der Waals surface area contributed by atoms with Crippen LogP contribution >= 0.6 is 0 Å². The molecule has 3 N–H and O–H groups in total. The van der Waals surface area contributed by atoms with Crippen molar-refractivity contribution in [3.05, 3.63) is 29.8 Å². The number of anilines is 1. The van der Waals surface area contributed by atoms with Gasteiger partial charge in [-0.25, -0.2) is 0 Å². The normalized spacial score (nSPS) is 23.0. The molecule has 0 bridgehead atoms. The van der Waals surface area contributed by atoms with E-state index in [4.69, 9.17) is 0 Å². The standard InChI is InChI=1S/C25H37N3O2/c29-23-11-10-22(24(30)28-23)19-8-6-9-20(16-19)26-14-4-2-1-3-5-15-27-21-17-25(18-21)12-7-13-25/h6,8-9,16,21-22,26-27H,1-5,7,10-15,17-18H2,(H,28,29,30). The molecule has 1 aromatic rings. The summed E-state index contributed by atoms with van der Waals surface area (Å²) in [4.78, 5) is 23.4. The van der Waals surface area contributed by atoms with Gasteiger partial charge in [0.15, 0.2) is 0 Å². The third-order valence-electron chi connectivity index (χ3n) is 7.42. The molecule has 3 fully saturated rings. The summed E-state index contributed by atoms with van der Waals surface area (Å²) < 4.78 is 0. The van der Waals surface area contributed by atoms with Crippen LogP contribution in [0.3, 0.4) is 0 Å². The largest absolute Gasteiger partial charge is 0.385 e. The molecule has 1 saturated heterocycles. The molecule has 164 valence electrons. The number of amides is 2. The number of nitrogens with one attached hydrogen (secondary N) is 3. The number of piperidine rings is 1. The van der Waals surface area contributed by atoms with E-state index in [2.05, 4.69) is 28.1 Å². The van der Waals surface area contributed by atoms with Crippen LogP contribution in [-0.4, -0.2) is 30.9 Å². The minimum atomic E-state index is -0.211. The van der Waals surface area contributed by atoms with Crippen LogP contribution in [0.1, 0.15) is 88.5 Å².